The Hall–Kier alpha value is -1.82. The van der Waals surface area contributed by atoms with Gasteiger partial charge in [-0.05, 0) is 32.9 Å². The first-order chi connectivity index (χ1) is 10.0. The number of nitrogens with two attached hydrogens (primary N) is 1. The average Bonchev–Trinajstić information content (AvgIpc) is 2.44. The van der Waals surface area contributed by atoms with Crippen molar-refractivity contribution in [1.29, 1.82) is 0 Å². The highest BCUT2D eigenvalue weighted by molar-refractivity contribution is 5.95. The number of carbonyl (C=O) groups is 1. The van der Waals surface area contributed by atoms with Crippen molar-refractivity contribution in [1.82, 2.24) is 4.90 Å². The van der Waals surface area contributed by atoms with Gasteiger partial charge in [0.05, 0.1) is 12.2 Å². The molecule has 0 bridgehead atoms. The fraction of sp³-hybridized carbons (Fsp3) is 0.533. The fourth-order valence-electron chi connectivity index (χ4n) is 2.33. The molecule has 0 aliphatic carbocycles. The van der Waals surface area contributed by atoms with Crippen molar-refractivity contribution in [3.63, 3.8) is 0 Å². The molecule has 6 heteroatoms. The van der Waals surface area contributed by atoms with Crippen LogP contribution in [0.25, 0.3) is 0 Å². The molecule has 0 unspecified atom stereocenters. The Morgan fingerprint density at radius 1 is 1.43 bits per heavy atom. The fourth-order valence-corrected chi connectivity index (χ4v) is 2.33. The zero-order valence-electron chi connectivity index (χ0n) is 12.4. The topological polar surface area (TPSA) is 64.8 Å². The molecule has 1 aliphatic heterocycles. The minimum Gasteiger partial charge on any atom is -0.487 e. The van der Waals surface area contributed by atoms with E-state index in [0.29, 0.717) is 0 Å². The summed E-state index contributed by atoms with van der Waals surface area (Å²) in [5.74, 6) is -1.07. The van der Waals surface area contributed by atoms with Crippen LogP contribution in [0.2, 0.25) is 0 Å². The van der Waals surface area contributed by atoms with Crippen LogP contribution < -0.4 is 10.5 Å². The molecule has 0 amide bonds. The summed E-state index contributed by atoms with van der Waals surface area (Å²) in [7, 11) is 2.04. The summed E-state index contributed by atoms with van der Waals surface area (Å²) in [6.45, 7) is 3.76. The van der Waals surface area contributed by atoms with Gasteiger partial charge in [-0.15, -0.1) is 0 Å². The lowest BCUT2D eigenvalue weighted by Gasteiger charge is -2.29. The Morgan fingerprint density at radius 3 is 2.71 bits per heavy atom. The number of hydrogen-bond acceptors (Lipinski definition) is 5. The molecule has 5 nitrogen and oxygen atoms in total. The van der Waals surface area contributed by atoms with Gasteiger partial charge in [-0.3, -0.25) is 0 Å². The van der Waals surface area contributed by atoms with Crippen molar-refractivity contribution in [2.45, 2.75) is 25.9 Å². The molecule has 0 radical (unpaired) electrons. The maximum Gasteiger partial charge on any atom is 0.340 e. The first-order valence-corrected chi connectivity index (χ1v) is 7.12. The Bertz CT molecular complexity index is 514. The molecule has 0 atom stereocenters. The van der Waals surface area contributed by atoms with E-state index in [2.05, 4.69) is 4.90 Å². The standard InChI is InChI=1S/C15H21FN2O3/c1-3-20-15(19)11-8-14(12(16)9-13(11)17)21-10-4-6-18(2)7-5-10/h8-10H,3-7,17H2,1-2H3. The van der Waals surface area contributed by atoms with E-state index in [9.17, 15) is 9.18 Å². The summed E-state index contributed by atoms with van der Waals surface area (Å²) in [4.78, 5) is 14.0. The lowest BCUT2D eigenvalue weighted by atomic mass is 10.1. The molecule has 0 saturated carbocycles. The van der Waals surface area contributed by atoms with Crippen LogP contribution in [0.15, 0.2) is 12.1 Å². The molecular formula is C15H21FN2O3. The van der Waals surface area contributed by atoms with Crippen molar-refractivity contribution in [3.8, 4) is 5.75 Å². The molecule has 1 fully saturated rings. The molecular weight excluding hydrogens is 275 g/mol. The Morgan fingerprint density at radius 2 is 2.10 bits per heavy atom. The van der Waals surface area contributed by atoms with Crippen molar-refractivity contribution < 1.29 is 18.7 Å². The maximum absolute atomic E-state index is 13.9. The Labute approximate surface area is 123 Å². The van der Waals surface area contributed by atoms with Gasteiger partial charge in [0.25, 0.3) is 0 Å². The second kappa shape index (κ2) is 6.76. The van der Waals surface area contributed by atoms with Crippen molar-refractivity contribution >= 4 is 11.7 Å². The molecule has 1 saturated heterocycles. The number of hydrogen-bond donors (Lipinski definition) is 1. The van der Waals surface area contributed by atoms with Gasteiger partial charge < -0.3 is 20.1 Å². The van der Waals surface area contributed by atoms with Gasteiger partial charge in [-0.1, -0.05) is 0 Å². The minimum absolute atomic E-state index is 0.0469. The van der Waals surface area contributed by atoms with Gasteiger partial charge in [-0.25, -0.2) is 9.18 Å². The third-order valence-electron chi connectivity index (χ3n) is 3.56. The van der Waals surface area contributed by atoms with Crippen LogP contribution in [0.4, 0.5) is 10.1 Å². The lowest BCUT2D eigenvalue weighted by molar-refractivity contribution is 0.0526. The number of nitrogens with zero attached hydrogens (tertiary/aromatic N) is 1. The van der Waals surface area contributed by atoms with Gasteiger partial charge >= 0.3 is 5.97 Å². The quantitative estimate of drug-likeness (QED) is 0.680. The second-order valence-corrected chi connectivity index (χ2v) is 5.21. The summed E-state index contributed by atoms with van der Waals surface area (Å²) in [5, 5.41) is 0. The minimum atomic E-state index is -0.566. The van der Waals surface area contributed by atoms with Crippen LogP contribution in [-0.2, 0) is 4.74 Å². The van der Waals surface area contributed by atoms with E-state index in [4.69, 9.17) is 15.2 Å². The zero-order chi connectivity index (χ0) is 15.4. The second-order valence-electron chi connectivity index (χ2n) is 5.21. The number of anilines is 1. The highest BCUT2D eigenvalue weighted by atomic mass is 19.1. The number of benzene rings is 1. The molecule has 116 valence electrons. The maximum atomic E-state index is 13.9. The van der Waals surface area contributed by atoms with Crippen LogP contribution in [0.5, 0.6) is 5.75 Å². The normalized spacial score (nSPS) is 16.7. The number of esters is 1. The number of likely N-dealkylation sites (tertiary alicyclic amines) is 1. The SMILES string of the molecule is CCOC(=O)c1cc(OC2CCN(C)CC2)c(F)cc1N. The van der Waals surface area contributed by atoms with E-state index >= 15 is 0 Å². The Balaban J connectivity index is 2.15. The van der Waals surface area contributed by atoms with E-state index in [0.717, 1.165) is 32.0 Å². The lowest BCUT2D eigenvalue weighted by Crippen LogP contribution is -2.35. The van der Waals surface area contributed by atoms with Crippen LogP contribution in [0.1, 0.15) is 30.1 Å². The van der Waals surface area contributed by atoms with E-state index in [1.54, 1.807) is 6.92 Å². The van der Waals surface area contributed by atoms with Gasteiger partial charge in [0.15, 0.2) is 11.6 Å². The van der Waals surface area contributed by atoms with E-state index in [1.807, 2.05) is 7.05 Å². The molecule has 1 aromatic rings. The van der Waals surface area contributed by atoms with Crippen LogP contribution in [0, 0.1) is 5.82 Å². The molecule has 1 heterocycles. The van der Waals surface area contributed by atoms with E-state index in [-0.39, 0.29) is 29.7 Å². The third kappa shape index (κ3) is 3.85. The summed E-state index contributed by atoms with van der Waals surface area (Å²) >= 11 is 0. The molecule has 2 N–H and O–H groups in total. The van der Waals surface area contributed by atoms with E-state index < -0.39 is 11.8 Å². The number of nitrogen functional groups attached to an aromatic ring is 1. The largest absolute Gasteiger partial charge is 0.487 e. The van der Waals surface area contributed by atoms with Gasteiger partial charge in [0.2, 0.25) is 0 Å². The average molecular weight is 296 g/mol. The number of ether oxygens (including phenoxy) is 2. The number of carbonyl (C=O) groups excluding carboxylic acids is 1. The predicted molar refractivity (Wildman–Crippen MR) is 77.9 cm³/mol. The van der Waals surface area contributed by atoms with Crippen LogP contribution >= 0.6 is 0 Å². The smallest absolute Gasteiger partial charge is 0.340 e. The molecule has 1 aliphatic rings. The summed E-state index contributed by atoms with van der Waals surface area (Å²) in [6.07, 6.45) is 1.61. The highest BCUT2D eigenvalue weighted by Gasteiger charge is 2.21. The molecule has 21 heavy (non-hydrogen) atoms. The molecule has 1 aromatic carbocycles. The van der Waals surface area contributed by atoms with Crippen molar-refractivity contribution in [2.24, 2.45) is 0 Å². The van der Waals surface area contributed by atoms with Crippen molar-refractivity contribution in [3.05, 3.63) is 23.5 Å². The van der Waals surface area contributed by atoms with Gasteiger partial charge in [0, 0.05) is 24.8 Å². The number of rotatable bonds is 4. The monoisotopic (exact) mass is 296 g/mol. The van der Waals surface area contributed by atoms with Crippen LogP contribution in [0.3, 0.4) is 0 Å². The number of halogens is 1. The molecule has 2 rings (SSSR count). The van der Waals surface area contributed by atoms with Gasteiger partial charge in [0.1, 0.15) is 6.10 Å². The first-order valence-electron chi connectivity index (χ1n) is 7.12. The van der Waals surface area contributed by atoms with Gasteiger partial charge in [-0.2, -0.15) is 0 Å². The number of piperidine rings is 1. The highest BCUT2D eigenvalue weighted by Crippen LogP contribution is 2.27. The zero-order valence-corrected chi connectivity index (χ0v) is 12.4. The summed E-state index contributed by atoms with van der Waals surface area (Å²) in [6, 6.07) is 2.44. The van der Waals surface area contributed by atoms with Crippen molar-refractivity contribution in [2.75, 3.05) is 32.5 Å². The summed E-state index contributed by atoms with van der Waals surface area (Å²) in [5.41, 5.74) is 5.87. The first kappa shape index (κ1) is 15.6. The van der Waals surface area contributed by atoms with Crippen LogP contribution in [-0.4, -0.2) is 43.7 Å². The Kier molecular flexibility index (Phi) is 5.01. The molecule has 0 spiro atoms. The summed E-state index contributed by atoms with van der Waals surface area (Å²) < 4.78 is 24.5. The molecule has 0 aromatic heterocycles. The van der Waals surface area contributed by atoms with E-state index in [1.165, 1.54) is 6.07 Å². The predicted octanol–water partition coefficient (Wildman–Crippen LogP) is 2.06. The third-order valence-corrected chi connectivity index (χ3v) is 3.56.